The molecule has 0 atom stereocenters. The third-order valence-corrected chi connectivity index (χ3v) is 3.97. The Kier molecular flexibility index (Phi) is 8.61. The summed E-state index contributed by atoms with van der Waals surface area (Å²) in [5.74, 6) is 0.322. The van der Waals surface area contributed by atoms with E-state index in [1.54, 1.807) is 7.05 Å². The number of hydrogen-bond acceptors (Lipinski definition) is 5. The number of nitrogens with zero attached hydrogens (tertiary/aromatic N) is 4. The maximum atomic E-state index is 12.3. The fourth-order valence-electron chi connectivity index (χ4n) is 2.52. The second kappa shape index (κ2) is 10.2. The molecule has 0 saturated heterocycles. The van der Waals surface area contributed by atoms with Crippen molar-refractivity contribution in [3.8, 4) is 0 Å². The number of aliphatic hydroxyl groups excluding tert-OH is 1. The largest absolute Gasteiger partial charge is 0.396 e. The van der Waals surface area contributed by atoms with Crippen LogP contribution in [0.2, 0.25) is 0 Å². The molecule has 0 unspecified atom stereocenters. The maximum absolute atomic E-state index is 12.3. The molecule has 23 heavy (non-hydrogen) atoms. The third-order valence-electron chi connectivity index (χ3n) is 3.97. The van der Waals surface area contributed by atoms with E-state index < -0.39 is 5.69 Å². The molecule has 0 saturated carbocycles. The fourth-order valence-corrected chi connectivity index (χ4v) is 2.52. The van der Waals surface area contributed by atoms with Crippen molar-refractivity contribution in [3.63, 3.8) is 0 Å². The highest BCUT2D eigenvalue weighted by Crippen LogP contribution is 2.09. The lowest BCUT2D eigenvalue weighted by atomic mass is 10.1. The Bertz CT molecular complexity index is 580. The molecule has 0 aliphatic heterocycles. The molecule has 0 aromatic carbocycles. The third kappa shape index (κ3) is 5.82. The van der Waals surface area contributed by atoms with Crippen molar-refractivity contribution in [2.24, 2.45) is 14.1 Å². The predicted octanol–water partition coefficient (Wildman–Crippen LogP) is 1.03. The van der Waals surface area contributed by atoms with Crippen molar-refractivity contribution >= 4 is 5.82 Å². The zero-order valence-corrected chi connectivity index (χ0v) is 14.6. The Balaban J connectivity index is 2.86. The average Bonchev–Trinajstić information content (AvgIpc) is 2.55. The summed E-state index contributed by atoms with van der Waals surface area (Å²) in [5.41, 5.74) is -0.775. The van der Waals surface area contributed by atoms with E-state index >= 15 is 0 Å². The number of aryl methyl sites for hydroxylation is 1. The molecule has 1 N–H and O–H groups in total. The van der Waals surface area contributed by atoms with Crippen molar-refractivity contribution in [1.82, 2.24) is 14.3 Å². The van der Waals surface area contributed by atoms with Crippen molar-refractivity contribution in [2.45, 2.75) is 51.9 Å². The van der Waals surface area contributed by atoms with Crippen LogP contribution in [0.25, 0.3) is 0 Å². The lowest BCUT2D eigenvalue weighted by molar-refractivity contribution is 0.285. The van der Waals surface area contributed by atoms with Gasteiger partial charge in [0.1, 0.15) is 0 Å². The van der Waals surface area contributed by atoms with E-state index in [1.807, 2.05) is 4.90 Å². The van der Waals surface area contributed by atoms with E-state index in [9.17, 15) is 9.59 Å². The van der Waals surface area contributed by atoms with Crippen LogP contribution in [0.5, 0.6) is 0 Å². The molecule has 1 heterocycles. The minimum atomic E-state index is -0.419. The molecular weight excluding hydrogens is 296 g/mol. The Morgan fingerprint density at radius 2 is 1.61 bits per heavy atom. The summed E-state index contributed by atoms with van der Waals surface area (Å²) < 4.78 is 2.30. The van der Waals surface area contributed by atoms with Gasteiger partial charge >= 0.3 is 5.69 Å². The minimum Gasteiger partial charge on any atom is -0.396 e. The van der Waals surface area contributed by atoms with Crippen molar-refractivity contribution in [2.75, 3.05) is 24.6 Å². The van der Waals surface area contributed by atoms with E-state index in [0.29, 0.717) is 18.8 Å². The number of anilines is 1. The first-order valence-corrected chi connectivity index (χ1v) is 8.53. The molecule has 7 heteroatoms. The summed E-state index contributed by atoms with van der Waals surface area (Å²) in [7, 11) is 3.03. The van der Waals surface area contributed by atoms with E-state index in [1.165, 1.54) is 31.0 Å². The van der Waals surface area contributed by atoms with E-state index in [4.69, 9.17) is 5.11 Å². The highest BCUT2D eigenvalue weighted by Gasteiger charge is 2.15. The molecule has 0 fully saturated rings. The zero-order chi connectivity index (χ0) is 17.2. The molecule has 0 radical (unpaired) electrons. The van der Waals surface area contributed by atoms with Gasteiger partial charge < -0.3 is 10.0 Å². The Labute approximate surface area is 137 Å². The number of rotatable bonds is 11. The Morgan fingerprint density at radius 1 is 1.00 bits per heavy atom. The van der Waals surface area contributed by atoms with Crippen LogP contribution in [0.3, 0.4) is 0 Å². The standard InChI is InChI=1S/C16H30N4O3/c1-4-5-6-7-8-11-20(12-9-10-13-21)14-15(22)18(2)16(23)19(3)17-14/h21H,4-13H2,1-3H3. The Morgan fingerprint density at radius 3 is 2.22 bits per heavy atom. The summed E-state index contributed by atoms with van der Waals surface area (Å²) in [5, 5.41) is 13.1. The SMILES string of the molecule is CCCCCCCN(CCCCO)c1nn(C)c(=O)n(C)c1=O. The summed E-state index contributed by atoms with van der Waals surface area (Å²) in [6.07, 6.45) is 7.22. The molecule has 0 amide bonds. The minimum absolute atomic E-state index is 0.142. The zero-order valence-electron chi connectivity index (χ0n) is 14.6. The second-order valence-electron chi connectivity index (χ2n) is 5.93. The number of aromatic nitrogens is 3. The maximum Gasteiger partial charge on any atom is 0.346 e. The van der Waals surface area contributed by atoms with Gasteiger partial charge in [-0.3, -0.25) is 9.36 Å². The number of unbranched alkanes of at least 4 members (excludes halogenated alkanes) is 5. The fraction of sp³-hybridized carbons (Fsp3) is 0.812. The number of hydrogen-bond donors (Lipinski definition) is 1. The van der Waals surface area contributed by atoms with Gasteiger partial charge in [0.05, 0.1) is 0 Å². The highest BCUT2D eigenvalue weighted by molar-refractivity contribution is 5.34. The predicted molar refractivity (Wildman–Crippen MR) is 92.0 cm³/mol. The molecule has 0 bridgehead atoms. The van der Waals surface area contributed by atoms with Crippen LogP contribution in [0.4, 0.5) is 5.82 Å². The van der Waals surface area contributed by atoms with Gasteiger partial charge in [-0.25, -0.2) is 9.48 Å². The van der Waals surface area contributed by atoms with Gasteiger partial charge in [0, 0.05) is 33.8 Å². The van der Waals surface area contributed by atoms with Crippen LogP contribution in [-0.2, 0) is 14.1 Å². The molecule has 0 spiro atoms. The van der Waals surface area contributed by atoms with Crippen LogP contribution < -0.4 is 16.1 Å². The van der Waals surface area contributed by atoms with Crippen LogP contribution >= 0.6 is 0 Å². The van der Waals surface area contributed by atoms with Gasteiger partial charge in [-0.05, 0) is 19.3 Å². The lowest BCUT2D eigenvalue weighted by Crippen LogP contribution is -2.43. The number of aliphatic hydroxyl groups is 1. The second-order valence-corrected chi connectivity index (χ2v) is 5.93. The smallest absolute Gasteiger partial charge is 0.346 e. The topological polar surface area (TPSA) is 80.4 Å². The molecule has 132 valence electrons. The van der Waals surface area contributed by atoms with Gasteiger partial charge in [0.25, 0.3) is 5.56 Å². The first kappa shape index (κ1) is 19.4. The quantitative estimate of drug-likeness (QED) is 0.614. The molecule has 1 aromatic rings. The summed E-state index contributed by atoms with van der Waals surface area (Å²) in [4.78, 5) is 26.1. The van der Waals surface area contributed by atoms with Crippen molar-refractivity contribution in [1.29, 1.82) is 0 Å². The van der Waals surface area contributed by atoms with E-state index in [2.05, 4.69) is 12.0 Å². The lowest BCUT2D eigenvalue weighted by Gasteiger charge is -2.23. The van der Waals surface area contributed by atoms with Crippen LogP contribution in [-0.4, -0.2) is 39.2 Å². The highest BCUT2D eigenvalue weighted by atomic mass is 16.3. The van der Waals surface area contributed by atoms with E-state index in [0.717, 1.165) is 30.4 Å². The first-order valence-electron chi connectivity index (χ1n) is 8.53. The summed E-state index contributed by atoms with van der Waals surface area (Å²) in [6, 6.07) is 0. The first-order chi connectivity index (χ1) is 11.0. The monoisotopic (exact) mass is 326 g/mol. The molecular formula is C16H30N4O3. The average molecular weight is 326 g/mol. The van der Waals surface area contributed by atoms with Gasteiger partial charge in [0.2, 0.25) is 5.82 Å². The normalized spacial score (nSPS) is 11.0. The van der Waals surface area contributed by atoms with Gasteiger partial charge in [-0.2, -0.15) is 0 Å². The van der Waals surface area contributed by atoms with Crippen LogP contribution in [0, 0.1) is 0 Å². The molecule has 7 nitrogen and oxygen atoms in total. The Hall–Kier alpha value is -1.63. The van der Waals surface area contributed by atoms with Gasteiger partial charge in [-0.15, -0.1) is 5.10 Å². The van der Waals surface area contributed by atoms with E-state index in [-0.39, 0.29) is 12.2 Å². The van der Waals surface area contributed by atoms with Gasteiger partial charge in [-0.1, -0.05) is 32.6 Å². The van der Waals surface area contributed by atoms with Gasteiger partial charge in [0.15, 0.2) is 0 Å². The molecule has 0 aliphatic carbocycles. The van der Waals surface area contributed by atoms with Crippen LogP contribution in [0.15, 0.2) is 9.59 Å². The molecule has 1 rings (SSSR count). The van der Waals surface area contributed by atoms with Crippen LogP contribution in [0.1, 0.15) is 51.9 Å². The van der Waals surface area contributed by atoms with Crippen molar-refractivity contribution < 1.29 is 5.11 Å². The molecule has 1 aromatic heterocycles. The molecule has 0 aliphatic rings. The summed E-state index contributed by atoms with van der Waals surface area (Å²) >= 11 is 0. The summed E-state index contributed by atoms with van der Waals surface area (Å²) in [6.45, 7) is 3.73. The van der Waals surface area contributed by atoms with Crippen molar-refractivity contribution in [3.05, 3.63) is 20.8 Å².